The standard InChI is InChI=1S/C39H52N6O9S/c1-23(2)53-33-20-32(28-15-16-31(52-4)24(3)34(28)41-33)54-26-19-30-35(46)42-39(37(48)43-55(50,51)27-13-14-27)21-25(39)11-8-6-5-7-9-12-29(36(47)45(30)22-26)40-38(49)44-17-10-18-44/h8,11,15-16,20,23,25-27,29-30H,5-7,9-10,12-14,17-19,21-22H2,1-4H3,(H,40,49)(H,42,46)(H,43,48)/b11-8-/t25?,26-,29+,30+,39-/m1/s1. The van der Waals surface area contributed by atoms with Crippen molar-refractivity contribution in [2.45, 2.75) is 120 Å². The van der Waals surface area contributed by atoms with Crippen LogP contribution in [0.4, 0.5) is 4.79 Å². The normalized spacial score (nSPS) is 27.8. The number of ether oxygens (including phenoxy) is 3. The first kappa shape index (κ1) is 38.7. The lowest BCUT2D eigenvalue weighted by atomic mass is 10.0. The van der Waals surface area contributed by atoms with E-state index in [9.17, 15) is 27.6 Å². The van der Waals surface area contributed by atoms with E-state index in [2.05, 4.69) is 15.4 Å². The number of carbonyl (C=O) groups is 4. The van der Waals surface area contributed by atoms with Gasteiger partial charge in [0.05, 0.1) is 30.5 Å². The Morgan fingerprint density at radius 1 is 1.05 bits per heavy atom. The summed E-state index contributed by atoms with van der Waals surface area (Å²) in [6, 6.07) is 3.07. The van der Waals surface area contributed by atoms with Crippen LogP contribution >= 0.6 is 0 Å². The van der Waals surface area contributed by atoms with Gasteiger partial charge >= 0.3 is 6.03 Å². The summed E-state index contributed by atoms with van der Waals surface area (Å²) in [5.41, 5.74) is -0.0891. The second kappa shape index (κ2) is 15.5. The van der Waals surface area contributed by atoms with Gasteiger partial charge in [0.15, 0.2) is 0 Å². The molecular weight excluding hydrogens is 729 g/mol. The Hall–Kier alpha value is -4.60. The number of urea groups is 1. The molecule has 2 saturated carbocycles. The number of allylic oxidation sites excluding steroid dienone is 1. The maximum atomic E-state index is 14.6. The van der Waals surface area contributed by atoms with E-state index in [1.807, 2.05) is 45.1 Å². The van der Waals surface area contributed by atoms with Gasteiger partial charge in [0.1, 0.15) is 35.2 Å². The summed E-state index contributed by atoms with van der Waals surface area (Å²) in [7, 11) is -2.30. The Morgan fingerprint density at radius 2 is 1.84 bits per heavy atom. The van der Waals surface area contributed by atoms with Crippen LogP contribution in [-0.2, 0) is 24.4 Å². The number of hydrogen-bond acceptors (Lipinski definition) is 10. The number of aromatic nitrogens is 1. The van der Waals surface area contributed by atoms with Gasteiger partial charge in [-0.05, 0) is 77.8 Å². The number of hydrogen-bond donors (Lipinski definition) is 3. The number of likely N-dealkylation sites (tertiary alicyclic amines) is 1. The van der Waals surface area contributed by atoms with Crippen LogP contribution in [0.25, 0.3) is 10.9 Å². The Labute approximate surface area is 321 Å². The molecule has 7 rings (SSSR count). The molecule has 55 heavy (non-hydrogen) atoms. The molecule has 1 unspecified atom stereocenters. The molecule has 4 fully saturated rings. The molecule has 3 aliphatic heterocycles. The Bertz CT molecular complexity index is 1980. The second-order valence-corrected chi connectivity index (χ2v) is 17.7. The first-order chi connectivity index (χ1) is 26.3. The number of rotatable bonds is 9. The van der Waals surface area contributed by atoms with E-state index < -0.39 is 62.6 Å². The minimum atomic E-state index is -3.89. The van der Waals surface area contributed by atoms with Crippen LogP contribution < -0.4 is 29.6 Å². The van der Waals surface area contributed by atoms with Crippen molar-refractivity contribution in [1.82, 2.24) is 30.1 Å². The highest BCUT2D eigenvalue weighted by molar-refractivity contribution is 7.91. The molecule has 16 heteroatoms. The first-order valence-corrected chi connectivity index (χ1v) is 21.1. The van der Waals surface area contributed by atoms with Gasteiger partial charge < -0.3 is 34.6 Å². The molecule has 2 aromatic rings. The van der Waals surface area contributed by atoms with Crippen LogP contribution in [0.15, 0.2) is 30.4 Å². The van der Waals surface area contributed by atoms with Crippen molar-refractivity contribution in [3.8, 4) is 17.4 Å². The highest BCUT2D eigenvalue weighted by Crippen LogP contribution is 2.46. The number of benzene rings is 1. The number of amides is 5. The zero-order valence-corrected chi connectivity index (χ0v) is 32.8. The van der Waals surface area contributed by atoms with E-state index in [1.54, 1.807) is 18.1 Å². The van der Waals surface area contributed by atoms with Gasteiger partial charge in [-0.15, -0.1) is 0 Å². The van der Waals surface area contributed by atoms with E-state index in [0.717, 1.165) is 31.2 Å². The molecule has 0 bridgehead atoms. The zero-order chi connectivity index (χ0) is 39.1. The highest BCUT2D eigenvalue weighted by Gasteiger charge is 2.62. The van der Waals surface area contributed by atoms with Crippen molar-refractivity contribution >= 4 is 44.7 Å². The van der Waals surface area contributed by atoms with Gasteiger partial charge in [0.25, 0.3) is 5.91 Å². The van der Waals surface area contributed by atoms with Gasteiger partial charge in [-0.2, -0.15) is 0 Å². The van der Waals surface area contributed by atoms with E-state index in [0.29, 0.717) is 67.1 Å². The van der Waals surface area contributed by atoms with E-state index in [1.165, 1.54) is 4.90 Å². The van der Waals surface area contributed by atoms with Gasteiger partial charge in [-0.1, -0.05) is 25.0 Å². The molecule has 15 nitrogen and oxygen atoms in total. The molecule has 298 valence electrons. The number of fused-ring (bicyclic) bond motifs is 3. The third-order valence-electron chi connectivity index (χ3n) is 11.3. The number of sulfonamides is 1. The topological polar surface area (TPSA) is 186 Å². The van der Waals surface area contributed by atoms with Crippen molar-refractivity contribution in [3.63, 3.8) is 0 Å². The van der Waals surface area contributed by atoms with Gasteiger partial charge in [-0.3, -0.25) is 19.1 Å². The molecule has 5 aliphatic rings. The van der Waals surface area contributed by atoms with Crippen molar-refractivity contribution in [1.29, 1.82) is 0 Å². The lowest BCUT2D eigenvalue weighted by Crippen LogP contribution is -2.59. The van der Waals surface area contributed by atoms with Gasteiger partial charge in [0.2, 0.25) is 27.7 Å². The average molecular weight is 781 g/mol. The summed E-state index contributed by atoms with van der Waals surface area (Å²) in [4.78, 5) is 63.8. The maximum Gasteiger partial charge on any atom is 0.318 e. The highest BCUT2D eigenvalue weighted by atomic mass is 32.2. The van der Waals surface area contributed by atoms with Crippen LogP contribution in [0, 0.1) is 12.8 Å². The summed E-state index contributed by atoms with van der Waals surface area (Å²) in [5.74, 6) is -0.777. The first-order valence-electron chi connectivity index (χ1n) is 19.5. The predicted octanol–water partition coefficient (Wildman–Crippen LogP) is 3.47. The second-order valence-electron chi connectivity index (χ2n) is 15.8. The molecule has 5 atom stereocenters. The number of methoxy groups -OCH3 is 1. The number of pyridine rings is 1. The van der Waals surface area contributed by atoms with Crippen LogP contribution in [0.1, 0.15) is 83.6 Å². The fraction of sp³-hybridized carbons (Fsp3) is 0.615. The lowest BCUT2D eigenvalue weighted by Gasteiger charge is -2.34. The van der Waals surface area contributed by atoms with Crippen LogP contribution in [0.3, 0.4) is 0 Å². The van der Waals surface area contributed by atoms with E-state index in [-0.39, 0.29) is 31.5 Å². The van der Waals surface area contributed by atoms with Crippen molar-refractivity contribution < 1.29 is 41.8 Å². The van der Waals surface area contributed by atoms with Crippen molar-refractivity contribution in [2.75, 3.05) is 26.7 Å². The van der Waals surface area contributed by atoms with Crippen molar-refractivity contribution in [3.05, 3.63) is 35.9 Å². The van der Waals surface area contributed by atoms with Crippen LogP contribution in [-0.4, -0.2) is 109 Å². The maximum absolute atomic E-state index is 14.6. The minimum Gasteiger partial charge on any atom is -0.496 e. The molecule has 1 aromatic heterocycles. The molecule has 2 saturated heterocycles. The fourth-order valence-corrected chi connectivity index (χ4v) is 9.13. The number of nitrogens with zero attached hydrogens (tertiary/aromatic N) is 3. The SMILES string of the molecule is COc1ccc2c(O[C@@H]3C[C@H]4C(=O)N[C@]5(C(=O)NS(=O)(=O)C6CC6)CC5/C=C\CCCCC[C@H](NC(=O)N5CCC5)C(=O)N4C3)cc(OC(C)C)nc2c1C. The molecule has 3 N–H and O–H groups in total. The zero-order valence-electron chi connectivity index (χ0n) is 32.0. The molecule has 4 heterocycles. The molecule has 1 aromatic carbocycles. The molecule has 2 aliphatic carbocycles. The molecule has 0 radical (unpaired) electrons. The molecular formula is C39H52N6O9S. The van der Waals surface area contributed by atoms with Crippen molar-refractivity contribution in [2.24, 2.45) is 5.92 Å². The molecule has 5 amide bonds. The van der Waals surface area contributed by atoms with E-state index in [4.69, 9.17) is 19.2 Å². The third-order valence-corrected chi connectivity index (χ3v) is 13.1. The Balaban J connectivity index is 1.22. The van der Waals surface area contributed by atoms with Gasteiger partial charge in [0, 0.05) is 42.4 Å². The summed E-state index contributed by atoms with van der Waals surface area (Å²) in [5, 5.41) is 5.93. The Morgan fingerprint density at radius 3 is 2.53 bits per heavy atom. The van der Waals surface area contributed by atoms with Gasteiger partial charge in [-0.25, -0.2) is 18.2 Å². The molecule has 0 spiro atoms. The fourth-order valence-electron chi connectivity index (χ4n) is 7.76. The third kappa shape index (κ3) is 8.19. The lowest BCUT2D eigenvalue weighted by molar-refractivity contribution is -0.141. The summed E-state index contributed by atoms with van der Waals surface area (Å²) < 4.78 is 46.2. The smallest absolute Gasteiger partial charge is 0.318 e. The predicted molar refractivity (Wildman–Crippen MR) is 203 cm³/mol. The summed E-state index contributed by atoms with van der Waals surface area (Å²) >= 11 is 0. The minimum absolute atomic E-state index is 0.0188. The number of carbonyl (C=O) groups excluding carboxylic acids is 4. The van der Waals surface area contributed by atoms with Crippen LogP contribution in [0.2, 0.25) is 0 Å². The quantitative estimate of drug-likeness (QED) is 0.319. The average Bonchev–Trinajstić information content (AvgIpc) is 4.03. The largest absolute Gasteiger partial charge is 0.496 e. The van der Waals surface area contributed by atoms with E-state index >= 15 is 0 Å². The summed E-state index contributed by atoms with van der Waals surface area (Å²) in [6.45, 7) is 6.92. The summed E-state index contributed by atoms with van der Waals surface area (Å²) in [6.07, 6.45) is 8.54. The number of aryl methyl sites for hydroxylation is 1. The Kier molecular flexibility index (Phi) is 10.9. The monoisotopic (exact) mass is 780 g/mol. The van der Waals surface area contributed by atoms with Crippen LogP contribution in [0.5, 0.6) is 17.4 Å². The number of nitrogens with one attached hydrogen (secondary N) is 3.